The average molecular weight is 491 g/mol. The second kappa shape index (κ2) is 10.3. The molecule has 3 aromatic rings. The quantitative estimate of drug-likeness (QED) is 0.533. The summed E-state index contributed by atoms with van der Waals surface area (Å²) in [4.78, 5) is 29.2. The number of hydrazine groups is 1. The van der Waals surface area contributed by atoms with Crippen molar-refractivity contribution in [3.05, 3.63) is 64.4 Å². The van der Waals surface area contributed by atoms with Crippen molar-refractivity contribution in [1.82, 2.24) is 15.4 Å². The number of nitrogens with one attached hydrogen (secondary N) is 2. The first-order chi connectivity index (χ1) is 15.9. The molecule has 0 aliphatic carbocycles. The van der Waals surface area contributed by atoms with E-state index < -0.39 is 5.82 Å². The van der Waals surface area contributed by atoms with Gasteiger partial charge in [0.25, 0.3) is 5.91 Å². The SMILES string of the molecule is O=C(COc1ccc(Cl)c(F)c1)NN1CCC(C(=O)Nc2ccc3cc(Cl)ccc3n2)CC1. The van der Waals surface area contributed by atoms with Gasteiger partial charge in [0.2, 0.25) is 5.91 Å². The van der Waals surface area contributed by atoms with Crippen molar-refractivity contribution in [1.29, 1.82) is 0 Å². The van der Waals surface area contributed by atoms with Gasteiger partial charge < -0.3 is 10.1 Å². The summed E-state index contributed by atoms with van der Waals surface area (Å²) in [6.07, 6.45) is 1.16. The summed E-state index contributed by atoms with van der Waals surface area (Å²) in [6, 6.07) is 13.0. The lowest BCUT2D eigenvalue weighted by atomic mass is 9.97. The second-order valence-corrected chi connectivity index (χ2v) is 8.53. The number of ether oxygens (including phenoxy) is 1. The van der Waals surface area contributed by atoms with Crippen LogP contribution in [0.3, 0.4) is 0 Å². The second-order valence-electron chi connectivity index (χ2n) is 7.68. The lowest BCUT2D eigenvalue weighted by Gasteiger charge is -2.31. The molecule has 1 saturated heterocycles. The zero-order valence-electron chi connectivity index (χ0n) is 17.5. The maximum Gasteiger partial charge on any atom is 0.272 e. The molecular formula is C23H21Cl2FN4O3. The molecular weight excluding hydrogens is 470 g/mol. The Kier molecular flexibility index (Phi) is 7.27. The van der Waals surface area contributed by atoms with Gasteiger partial charge in [0, 0.05) is 35.5 Å². The Labute approximate surface area is 199 Å². The number of piperidine rings is 1. The van der Waals surface area contributed by atoms with E-state index in [-0.39, 0.29) is 35.1 Å². The van der Waals surface area contributed by atoms with E-state index in [4.69, 9.17) is 27.9 Å². The number of carbonyl (C=O) groups is 2. The summed E-state index contributed by atoms with van der Waals surface area (Å²) in [6.45, 7) is 0.770. The first kappa shape index (κ1) is 23.2. The van der Waals surface area contributed by atoms with E-state index in [1.165, 1.54) is 12.1 Å². The molecule has 4 rings (SSSR count). The van der Waals surface area contributed by atoms with Crippen LogP contribution in [0, 0.1) is 11.7 Å². The van der Waals surface area contributed by atoms with Crippen LogP contribution in [-0.2, 0) is 9.59 Å². The molecule has 2 N–H and O–H groups in total. The molecule has 7 nitrogen and oxygen atoms in total. The Morgan fingerprint density at radius 2 is 1.88 bits per heavy atom. The predicted molar refractivity (Wildman–Crippen MR) is 125 cm³/mol. The normalized spacial score (nSPS) is 14.8. The molecule has 2 heterocycles. The van der Waals surface area contributed by atoms with Crippen LogP contribution >= 0.6 is 23.2 Å². The molecule has 10 heteroatoms. The zero-order valence-corrected chi connectivity index (χ0v) is 19.0. The van der Waals surface area contributed by atoms with Crippen LogP contribution in [0.15, 0.2) is 48.5 Å². The van der Waals surface area contributed by atoms with Gasteiger partial charge in [-0.15, -0.1) is 0 Å². The molecule has 1 fully saturated rings. The summed E-state index contributed by atoms with van der Waals surface area (Å²) in [5.41, 5.74) is 3.49. The van der Waals surface area contributed by atoms with Gasteiger partial charge in [-0.25, -0.2) is 14.4 Å². The minimum Gasteiger partial charge on any atom is -0.484 e. The Balaban J connectivity index is 1.22. The number of fused-ring (bicyclic) bond motifs is 1. The van der Waals surface area contributed by atoms with Crippen molar-refractivity contribution < 1.29 is 18.7 Å². The van der Waals surface area contributed by atoms with Crippen LogP contribution in [-0.4, -0.2) is 41.5 Å². The van der Waals surface area contributed by atoms with Gasteiger partial charge in [-0.2, -0.15) is 0 Å². The van der Waals surface area contributed by atoms with Crippen molar-refractivity contribution >= 4 is 51.7 Å². The highest BCUT2D eigenvalue weighted by atomic mass is 35.5. The van der Waals surface area contributed by atoms with Crippen molar-refractivity contribution in [3.63, 3.8) is 0 Å². The first-order valence-electron chi connectivity index (χ1n) is 10.4. The topological polar surface area (TPSA) is 83.6 Å². The number of benzene rings is 2. The van der Waals surface area contributed by atoms with E-state index in [9.17, 15) is 14.0 Å². The summed E-state index contributed by atoms with van der Waals surface area (Å²) in [5, 5.41) is 6.13. The molecule has 0 radical (unpaired) electrons. The number of amides is 2. The minimum atomic E-state index is -0.613. The highest BCUT2D eigenvalue weighted by Crippen LogP contribution is 2.22. The van der Waals surface area contributed by atoms with Crippen LogP contribution in [0.2, 0.25) is 10.0 Å². The summed E-state index contributed by atoms with van der Waals surface area (Å²) in [7, 11) is 0. The van der Waals surface area contributed by atoms with Gasteiger partial charge in [-0.1, -0.05) is 23.2 Å². The highest BCUT2D eigenvalue weighted by Gasteiger charge is 2.26. The van der Waals surface area contributed by atoms with Crippen molar-refractivity contribution in [3.8, 4) is 5.75 Å². The van der Waals surface area contributed by atoms with E-state index in [0.29, 0.717) is 36.8 Å². The monoisotopic (exact) mass is 490 g/mol. The van der Waals surface area contributed by atoms with Gasteiger partial charge in [0.15, 0.2) is 6.61 Å². The van der Waals surface area contributed by atoms with Crippen molar-refractivity contribution in [2.24, 2.45) is 5.92 Å². The van der Waals surface area contributed by atoms with E-state index in [1.807, 2.05) is 18.2 Å². The van der Waals surface area contributed by atoms with Gasteiger partial charge in [0.1, 0.15) is 17.4 Å². The fourth-order valence-corrected chi connectivity index (χ4v) is 3.87. The largest absolute Gasteiger partial charge is 0.484 e. The number of hydrogen-bond donors (Lipinski definition) is 2. The molecule has 33 heavy (non-hydrogen) atoms. The molecule has 1 aliphatic heterocycles. The summed E-state index contributed by atoms with van der Waals surface area (Å²) >= 11 is 11.6. The zero-order chi connectivity index (χ0) is 23.4. The van der Waals surface area contributed by atoms with Gasteiger partial charge in [-0.05, 0) is 55.3 Å². The lowest BCUT2D eigenvalue weighted by Crippen LogP contribution is -2.49. The molecule has 0 unspecified atom stereocenters. The first-order valence-corrected chi connectivity index (χ1v) is 11.1. The molecule has 1 aliphatic rings. The molecule has 0 saturated carbocycles. The third kappa shape index (κ3) is 6.10. The van der Waals surface area contributed by atoms with Crippen LogP contribution in [0.25, 0.3) is 10.9 Å². The van der Waals surface area contributed by atoms with Crippen molar-refractivity contribution in [2.75, 3.05) is 25.0 Å². The molecule has 0 spiro atoms. The molecule has 0 atom stereocenters. The number of pyridine rings is 1. The molecule has 172 valence electrons. The number of aromatic nitrogens is 1. The number of anilines is 1. The Morgan fingerprint density at radius 3 is 2.64 bits per heavy atom. The third-order valence-corrected chi connectivity index (χ3v) is 5.85. The maximum atomic E-state index is 13.4. The van der Waals surface area contributed by atoms with Crippen LogP contribution < -0.4 is 15.5 Å². The number of nitrogens with zero attached hydrogens (tertiary/aromatic N) is 2. The third-order valence-electron chi connectivity index (χ3n) is 5.31. The van der Waals surface area contributed by atoms with E-state index in [2.05, 4.69) is 15.7 Å². The molecule has 0 bridgehead atoms. The fraction of sp³-hybridized carbons (Fsp3) is 0.261. The van der Waals surface area contributed by atoms with Crippen molar-refractivity contribution in [2.45, 2.75) is 12.8 Å². The van der Waals surface area contributed by atoms with Crippen LogP contribution in [0.1, 0.15) is 12.8 Å². The maximum absolute atomic E-state index is 13.4. The smallest absolute Gasteiger partial charge is 0.272 e. The number of rotatable bonds is 6. The lowest BCUT2D eigenvalue weighted by molar-refractivity contribution is -0.129. The van der Waals surface area contributed by atoms with E-state index >= 15 is 0 Å². The summed E-state index contributed by atoms with van der Waals surface area (Å²) < 4.78 is 18.7. The number of carbonyl (C=O) groups excluding carboxylic acids is 2. The number of hydrogen-bond acceptors (Lipinski definition) is 5. The van der Waals surface area contributed by atoms with Crippen LogP contribution in [0.5, 0.6) is 5.75 Å². The predicted octanol–water partition coefficient (Wildman–Crippen LogP) is 4.44. The van der Waals surface area contributed by atoms with Crippen LogP contribution in [0.4, 0.5) is 10.2 Å². The molecule has 2 aromatic carbocycles. The van der Waals surface area contributed by atoms with E-state index in [1.54, 1.807) is 17.1 Å². The van der Waals surface area contributed by atoms with E-state index in [0.717, 1.165) is 17.0 Å². The summed E-state index contributed by atoms with van der Waals surface area (Å²) in [5.74, 6) is -0.565. The average Bonchev–Trinajstić information content (AvgIpc) is 2.80. The fourth-order valence-electron chi connectivity index (χ4n) is 3.57. The Morgan fingerprint density at radius 1 is 1.09 bits per heavy atom. The Bertz CT molecular complexity index is 1190. The standard InChI is InChI=1S/C23H21Cl2FN4O3/c24-16-2-5-20-15(11-16)1-6-21(27-20)28-23(32)14-7-9-30(10-8-14)29-22(31)13-33-17-3-4-18(25)19(26)12-17/h1-6,11-12,14H,7-10,13H2,(H,29,31)(H,27,28,32). The Hall–Kier alpha value is -2.94. The van der Waals surface area contributed by atoms with Gasteiger partial charge >= 0.3 is 0 Å². The number of halogens is 3. The van der Waals surface area contributed by atoms with Gasteiger partial charge in [0.05, 0.1) is 10.5 Å². The molecule has 2 amide bonds. The highest BCUT2D eigenvalue weighted by molar-refractivity contribution is 6.31. The minimum absolute atomic E-state index is 0.0139. The van der Waals surface area contributed by atoms with Gasteiger partial charge in [-0.3, -0.25) is 15.0 Å². The molecule has 1 aromatic heterocycles.